The highest BCUT2D eigenvalue weighted by Crippen LogP contribution is 2.23. The van der Waals surface area contributed by atoms with Crippen LogP contribution in [0.4, 0.5) is 0 Å². The fraction of sp³-hybridized carbons (Fsp3) is 0.100. The minimum absolute atomic E-state index is 0.614. The number of benzene rings is 1. The molecule has 2 rings (SSSR count). The van der Waals surface area contributed by atoms with Gasteiger partial charge in [-0.3, -0.25) is 0 Å². The molecular formula is C10H7NO. The first-order valence-electron chi connectivity index (χ1n) is 3.70. The van der Waals surface area contributed by atoms with E-state index >= 15 is 0 Å². The molecule has 1 aromatic heterocycles. The molecule has 0 amide bonds. The number of hydrogen-bond acceptors (Lipinski definition) is 2. The van der Waals surface area contributed by atoms with E-state index in [4.69, 9.17) is 9.68 Å². The van der Waals surface area contributed by atoms with E-state index in [2.05, 4.69) is 6.07 Å². The molecule has 0 unspecified atom stereocenters. The highest BCUT2D eigenvalue weighted by molar-refractivity contribution is 5.86. The summed E-state index contributed by atoms with van der Waals surface area (Å²) in [6.07, 6.45) is 1.50. The number of fused-ring (bicyclic) bond motifs is 1. The predicted octanol–water partition coefficient (Wildman–Crippen LogP) is 2.61. The Morgan fingerprint density at radius 1 is 1.42 bits per heavy atom. The van der Waals surface area contributed by atoms with Crippen LogP contribution in [-0.4, -0.2) is 0 Å². The Balaban J connectivity index is 2.95. The Labute approximate surface area is 70.0 Å². The zero-order valence-electron chi connectivity index (χ0n) is 6.66. The van der Waals surface area contributed by atoms with Gasteiger partial charge >= 0.3 is 0 Å². The highest BCUT2D eigenvalue weighted by Gasteiger charge is 2.05. The van der Waals surface area contributed by atoms with Crippen LogP contribution < -0.4 is 0 Å². The van der Waals surface area contributed by atoms with E-state index < -0.39 is 0 Å². The average molecular weight is 157 g/mol. The van der Waals surface area contributed by atoms with Gasteiger partial charge in [0, 0.05) is 5.39 Å². The molecule has 58 valence electrons. The number of furan rings is 1. The normalized spacial score (nSPS) is 10.0. The second kappa shape index (κ2) is 2.38. The Bertz CT molecular complexity index is 462. The van der Waals surface area contributed by atoms with Crippen molar-refractivity contribution >= 4 is 11.0 Å². The van der Waals surface area contributed by atoms with Crippen molar-refractivity contribution in [3.05, 3.63) is 35.6 Å². The van der Waals surface area contributed by atoms with Gasteiger partial charge in [0.1, 0.15) is 17.9 Å². The second-order valence-corrected chi connectivity index (χ2v) is 2.71. The quantitative estimate of drug-likeness (QED) is 0.589. The summed E-state index contributed by atoms with van der Waals surface area (Å²) in [5, 5.41) is 9.67. The molecule has 0 spiro atoms. The molecule has 1 aromatic carbocycles. The van der Waals surface area contributed by atoms with Gasteiger partial charge in [-0.15, -0.1) is 0 Å². The summed E-state index contributed by atoms with van der Waals surface area (Å²) in [6, 6.07) is 7.85. The minimum atomic E-state index is 0.614. The van der Waals surface area contributed by atoms with Gasteiger partial charge < -0.3 is 4.42 Å². The zero-order chi connectivity index (χ0) is 8.55. The van der Waals surface area contributed by atoms with E-state index in [1.54, 1.807) is 0 Å². The van der Waals surface area contributed by atoms with Gasteiger partial charge in [0.25, 0.3) is 0 Å². The molecule has 0 bridgehead atoms. The van der Waals surface area contributed by atoms with Crippen molar-refractivity contribution in [1.29, 1.82) is 5.26 Å². The molecule has 2 heteroatoms. The lowest BCUT2D eigenvalue weighted by molar-refractivity contribution is 0.614. The summed E-state index contributed by atoms with van der Waals surface area (Å²) in [4.78, 5) is 0. The molecule has 12 heavy (non-hydrogen) atoms. The van der Waals surface area contributed by atoms with E-state index in [0.29, 0.717) is 5.56 Å². The molecule has 0 saturated heterocycles. The largest absolute Gasteiger partial charge is 0.463 e. The van der Waals surface area contributed by atoms with Gasteiger partial charge in [0.15, 0.2) is 0 Å². The molecule has 0 saturated carbocycles. The Kier molecular flexibility index (Phi) is 1.38. The Morgan fingerprint density at radius 2 is 2.25 bits per heavy atom. The minimum Gasteiger partial charge on any atom is -0.463 e. The molecule has 0 radical (unpaired) electrons. The van der Waals surface area contributed by atoms with Crippen LogP contribution in [0.25, 0.3) is 11.0 Å². The van der Waals surface area contributed by atoms with E-state index in [-0.39, 0.29) is 0 Å². The van der Waals surface area contributed by atoms with Crippen molar-refractivity contribution in [2.45, 2.75) is 6.92 Å². The van der Waals surface area contributed by atoms with Crippen LogP contribution in [0.15, 0.2) is 28.9 Å². The fourth-order valence-electron chi connectivity index (χ4n) is 1.35. The van der Waals surface area contributed by atoms with E-state index in [0.717, 1.165) is 16.5 Å². The van der Waals surface area contributed by atoms with E-state index in [9.17, 15) is 0 Å². The lowest BCUT2D eigenvalue weighted by Gasteiger charge is -1.92. The fourth-order valence-corrected chi connectivity index (χ4v) is 1.35. The second-order valence-electron chi connectivity index (χ2n) is 2.71. The summed E-state index contributed by atoms with van der Waals surface area (Å²) < 4.78 is 5.20. The molecule has 2 nitrogen and oxygen atoms in total. The first-order valence-corrected chi connectivity index (χ1v) is 3.70. The summed E-state index contributed by atoms with van der Waals surface area (Å²) >= 11 is 0. The summed E-state index contributed by atoms with van der Waals surface area (Å²) in [5.41, 5.74) is 2.48. The van der Waals surface area contributed by atoms with Crippen molar-refractivity contribution in [1.82, 2.24) is 0 Å². The number of rotatable bonds is 0. The number of hydrogen-bond donors (Lipinski definition) is 0. The van der Waals surface area contributed by atoms with Crippen LogP contribution in [0.5, 0.6) is 0 Å². The molecule has 0 aliphatic heterocycles. The highest BCUT2D eigenvalue weighted by atomic mass is 16.3. The molecule has 2 aromatic rings. The summed E-state index contributed by atoms with van der Waals surface area (Å²) in [5.74, 6) is 0. The third-order valence-corrected chi connectivity index (χ3v) is 1.93. The lowest BCUT2D eigenvalue weighted by Crippen LogP contribution is -1.75. The van der Waals surface area contributed by atoms with Crippen LogP contribution in [0.3, 0.4) is 0 Å². The molecule has 0 N–H and O–H groups in total. The number of nitriles is 1. The van der Waals surface area contributed by atoms with Crippen molar-refractivity contribution in [3.63, 3.8) is 0 Å². The van der Waals surface area contributed by atoms with Crippen LogP contribution in [0.2, 0.25) is 0 Å². The standard InChI is InChI=1S/C10H7NO/c1-7-3-2-4-9-10(7)8(5-11)6-12-9/h2-4,6H,1H3. The first kappa shape index (κ1) is 6.93. The molecule has 0 aliphatic rings. The van der Waals surface area contributed by atoms with E-state index in [1.807, 2.05) is 25.1 Å². The van der Waals surface area contributed by atoms with Crippen molar-refractivity contribution < 1.29 is 4.42 Å². The van der Waals surface area contributed by atoms with Crippen molar-refractivity contribution in [2.24, 2.45) is 0 Å². The molecule has 1 heterocycles. The molecule has 0 fully saturated rings. The van der Waals surface area contributed by atoms with Crippen LogP contribution >= 0.6 is 0 Å². The summed E-state index contributed by atoms with van der Waals surface area (Å²) in [6.45, 7) is 1.97. The maximum atomic E-state index is 8.74. The van der Waals surface area contributed by atoms with Crippen LogP contribution in [0, 0.1) is 18.3 Å². The van der Waals surface area contributed by atoms with Crippen LogP contribution in [0.1, 0.15) is 11.1 Å². The number of aryl methyl sites for hydroxylation is 1. The van der Waals surface area contributed by atoms with Gasteiger partial charge in [-0.1, -0.05) is 12.1 Å². The first-order chi connectivity index (χ1) is 5.83. The Morgan fingerprint density at radius 3 is 3.00 bits per heavy atom. The van der Waals surface area contributed by atoms with Crippen molar-refractivity contribution in [3.8, 4) is 6.07 Å². The Hall–Kier alpha value is -1.75. The summed E-state index contributed by atoms with van der Waals surface area (Å²) in [7, 11) is 0. The van der Waals surface area contributed by atoms with Gasteiger partial charge in [0.2, 0.25) is 0 Å². The van der Waals surface area contributed by atoms with Gasteiger partial charge in [-0.2, -0.15) is 5.26 Å². The van der Waals surface area contributed by atoms with Crippen molar-refractivity contribution in [2.75, 3.05) is 0 Å². The third kappa shape index (κ3) is 0.802. The van der Waals surface area contributed by atoms with Crippen LogP contribution in [-0.2, 0) is 0 Å². The predicted molar refractivity (Wildman–Crippen MR) is 45.7 cm³/mol. The smallest absolute Gasteiger partial charge is 0.135 e. The van der Waals surface area contributed by atoms with Gasteiger partial charge in [-0.05, 0) is 18.6 Å². The molecule has 0 aliphatic carbocycles. The third-order valence-electron chi connectivity index (χ3n) is 1.93. The topological polar surface area (TPSA) is 36.9 Å². The maximum absolute atomic E-state index is 8.74. The zero-order valence-corrected chi connectivity index (χ0v) is 6.66. The molecule has 0 atom stereocenters. The number of nitrogens with zero attached hydrogens (tertiary/aromatic N) is 1. The molecular weight excluding hydrogens is 150 g/mol. The van der Waals surface area contributed by atoms with Gasteiger partial charge in [-0.25, -0.2) is 0 Å². The van der Waals surface area contributed by atoms with Gasteiger partial charge in [0.05, 0.1) is 5.56 Å². The average Bonchev–Trinajstić information content (AvgIpc) is 2.49. The monoisotopic (exact) mass is 157 g/mol. The van der Waals surface area contributed by atoms with E-state index in [1.165, 1.54) is 6.26 Å². The maximum Gasteiger partial charge on any atom is 0.135 e. The SMILES string of the molecule is Cc1cccc2occ(C#N)c12. The lowest BCUT2D eigenvalue weighted by atomic mass is 10.1.